The third-order valence-electron chi connectivity index (χ3n) is 3.43. The van der Waals surface area contributed by atoms with E-state index in [1.165, 1.54) is 12.1 Å². The molecule has 0 aromatic heterocycles. The Hall–Kier alpha value is -1.33. The monoisotopic (exact) mass is 300 g/mol. The van der Waals surface area contributed by atoms with Gasteiger partial charge in [0.15, 0.2) is 0 Å². The van der Waals surface area contributed by atoms with Crippen LogP contribution in [0.5, 0.6) is 0 Å². The number of carbonyl (C=O) groups excluding carboxylic acids is 1. The van der Waals surface area contributed by atoms with Crippen LogP contribution in [0.15, 0.2) is 18.2 Å². The number of rotatable bonds is 5. The summed E-state index contributed by atoms with van der Waals surface area (Å²) in [5.41, 5.74) is 0.725. The molecule has 1 aliphatic heterocycles. The summed E-state index contributed by atoms with van der Waals surface area (Å²) in [6, 6.07) is 4.42. The number of anilines is 1. The molecule has 0 spiro atoms. The van der Waals surface area contributed by atoms with Gasteiger partial charge in [0.2, 0.25) is 5.91 Å². The van der Waals surface area contributed by atoms with Crippen LogP contribution in [0.2, 0.25) is 5.02 Å². The molecule has 110 valence electrons. The molecule has 6 heteroatoms. The van der Waals surface area contributed by atoms with Crippen molar-refractivity contribution in [3.63, 3.8) is 0 Å². The van der Waals surface area contributed by atoms with E-state index >= 15 is 0 Å². The second kappa shape index (κ2) is 6.41. The van der Waals surface area contributed by atoms with Gasteiger partial charge in [0.25, 0.3) is 0 Å². The lowest BCUT2D eigenvalue weighted by Gasteiger charge is -2.26. The Bertz CT molecular complexity index is 498. The fourth-order valence-electron chi connectivity index (χ4n) is 2.35. The summed E-state index contributed by atoms with van der Waals surface area (Å²) in [4.78, 5) is 15.0. The third kappa shape index (κ3) is 3.61. The average Bonchev–Trinajstić information content (AvgIpc) is 2.78. The van der Waals surface area contributed by atoms with Crippen LogP contribution in [-0.4, -0.2) is 48.7 Å². The summed E-state index contributed by atoms with van der Waals surface area (Å²) in [6.45, 7) is 1.39. The van der Waals surface area contributed by atoms with E-state index in [0.29, 0.717) is 26.1 Å². The first-order chi connectivity index (χ1) is 9.47. The van der Waals surface area contributed by atoms with Gasteiger partial charge in [-0.25, -0.2) is 4.39 Å². The van der Waals surface area contributed by atoms with Gasteiger partial charge in [-0.2, -0.15) is 0 Å². The van der Waals surface area contributed by atoms with Gasteiger partial charge in [-0.15, -0.1) is 0 Å². The number of halogens is 2. The van der Waals surface area contributed by atoms with Crippen molar-refractivity contribution in [2.75, 3.05) is 31.6 Å². The molecule has 1 aromatic rings. The molecule has 4 nitrogen and oxygen atoms in total. The van der Waals surface area contributed by atoms with Crippen LogP contribution in [0.4, 0.5) is 10.1 Å². The zero-order chi connectivity index (χ0) is 14.7. The standard InChI is InChI=1S/C14H18ClFN2O2/c1-17(10-4-5-13(16)12(15)7-10)8-11(19)9-18-6-2-3-14(18)20/h4-5,7,11,19H,2-3,6,8-9H2,1H3. The molecule has 1 aliphatic rings. The summed E-state index contributed by atoms with van der Waals surface area (Å²) in [5.74, 6) is -0.372. The average molecular weight is 301 g/mol. The number of aliphatic hydroxyl groups is 1. The van der Waals surface area contributed by atoms with E-state index in [1.54, 1.807) is 22.9 Å². The molecule has 2 rings (SSSR count). The van der Waals surface area contributed by atoms with Crippen LogP contribution in [0.1, 0.15) is 12.8 Å². The summed E-state index contributed by atoms with van der Waals surface area (Å²) in [5, 5.41) is 10.1. The number of likely N-dealkylation sites (N-methyl/N-ethyl adjacent to an activating group) is 1. The van der Waals surface area contributed by atoms with Gasteiger partial charge in [0.1, 0.15) is 5.82 Å². The molecule has 0 saturated carbocycles. The molecule has 1 atom stereocenters. The number of carbonyl (C=O) groups is 1. The fourth-order valence-corrected chi connectivity index (χ4v) is 2.53. The van der Waals surface area contributed by atoms with Crippen molar-refractivity contribution in [2.24, 2.45) is 0 Å². The van der Waals surface area contributed by atoms with E-state index in [9.17, 15) is 14.3 Å². The second-order valence-electron chi connectivity index (χ2n) is 5.08. The number of benzene rings is 1. The molecular weight excluding hydrogens is 283 g/mol. The molecule has 1 amide bonds. The van der Waals surface area contributed by atoms with Crippen LogP contribution in [0, 0.1) is 5.82 Å². The Kier molecular flexibility index (Phi) is 4.83. The highest BCUT2D eigenvalue weighted by molar-refractivity contribution is 6.31. The lowest BCUT2D eigenvalue weighted by atomic mass is 10.2. The topological polar surface area (TPSA) is 43.8 Å². The molecule has 0 radical (unpaired) electrons. The number of hydrogen-bond acceptors (Lipinski definition) is 3. The largest absolute Gasteiger partial charge is 0.389 e. The smallest absolute Gasteiger partial charge is 0.222 e. The van der Waals surface area contributed by atoms with E-state index in [-0.39, 0.29) is 10.9 Å². The van der Waals surface area contributed by atoms with Gasteiger partial charge in [-0.05, 0) is 24.6 Å². The zero-order valence-electron chi connectivity index (χ0n) is 11.4. The number of hydrogen-bond donors (Lipinski definition) is 1. The van der Waals surface area contributed by atoms with Gasteiger partial charge in [-0.1, -0.05) is 11.6 Å². The number of β-amino-alcohol motifs (C(OH)–C–C–N with tert-alkyl or cyclic N) is 1. The van der Waals surface area contributed by atoms with Crippen molar-refractivity contribution >= 4 is 23.2 Å². The van der Waals surface area contributed by atoms with Crippen LogP contribution in [-0.2, 0) is 4.79 Å². The zero-order valence-corrected chi connectivity index (χ0v) is 12.1. The summed E-state index contributed by atoms with van der Waals surface area (Å²) in [6.07, 6.45) is 0.774. The van der Waals surface area contributed by atoms with Crippen molar-refractivity contribution < 1.29 is 14.3 Å². The summed E-state index contributed by atoms with van der Waals surface area (Å²) < 4.78 is 13.1. The highest BCUT2D eigenvalue weighted by Gasteiger charge is 2.23. The first-order valence-electron chi connectivity index (χ1n) is 6.59. The van der Waals surface area contributed by atoms with Crippen molar-refractivity contribution in [1.82, 2.24) is 4.90 Å². The Morgan fingerprint density at radius 1 is 1.55 bits per heavy atom. The molecule has 0 bridgehead atoms. The summed E-state index contributed by atoms with van der Waals surface area (Å²) >= 11 is 5.73. The maximum absolute atomic E-state index is 13.1. The van der Waals surface area contributed by atoms with Gasteiger partial charge >= 0.3 is 0 Å². The van der Waals surface area contributed by atoms with Crippen molar-refractivity contribution in [3.8, 4) is 0 Å². The molecule has 0 aliphatic carbocycles. The molecule has 1 saturated heterocycles. The number of aliphatic hydroxyl groups excluding tert-OH is 1. The van der Waals surface area contributed by atoms with Crippen LogP contribution in [0.25, 0.3) is 0 Å². The van der Waals surface area contributed by atoms with Gasteiger partial charge in [0, 0.05) is 38.8 Å². The minimum atomic E-state index is -0.647. The minimum absolute atomic E-state index is 0.0542. The molecule has 1 fully saturated rings. The predicted octanol–water partition coefficient (Wildman–Crippen LogP) is 1.90. The predicted molar refractivity (Wildman–Crippen MR) is 76.5 cm³/mol. The van der Waals surface area contributed by atoms with E-state index in [2.05, 4.69) is 0 Å². The minimum Gasteiger partial charge on any atom is -0.389 e. The van der Waals surface area contributed by atoms with Crippen molar-refractivity contribution in [2.45, 2.75) is 18.9 Å². The van der Waals surface area contributed by atoms with E-state index in [1.807, 2.05) is 0 Å². The quantitative estimate of drug-likeness (QED) is 0.903. The van der Waals surface area contributed by atoms with E-state index in [0.717, 1.165) is 12.1 Å². The Morgan fingerprint density at radius 3 is 2.90 bits per heavy atom. The molecular formula is C14H18ClFN2O2. The SMILES string of the molecule is CN(CC(O)CN1CCCC1=O)c1ccc(F)c(Cl)c1. The van der Waals surface area contributed by atoms with Crippen LogP contribution < -0.4 is 4.90 Å². The fraction of sp³-hybridized carbons (Fsp3) is 0.500. The lowest BCUT2D eigenvalue weighted by molar-refractivity contribution is -0.128. The van der Waals surface area contributed by atoms with Gasteiger partial charge in [-0.3, -0.25) is 4.79 Å². The Labute approximate surface area is 122 Å². The van der Waals surface area contributed by atoms with Crippen LogP contribution >= 0.6 is 11.6 Å². The lowest BCUT2D eigenvalue weighted by Crippen LogP contribution is -2.39. The van der Waals surface area contributed by atoms with E-state index < -0.39 is 11.9 Å². The molecule has 20 heavy (non-hydrogen) atoms. The normalized spacial score (nSPS) is 16.6. The summed E-state index contributed by atoms with van der Waals surface area (Å²) in [7, 11) is 1.79. The maximum Gasteiger partial charge on any atom is 0.222 e. The van der Waals surface area contributed by atoms with Gasteiger partial charge < -0.3 is 14.9 Å². The van der Waals surface area contributed by atoms with Gasteiger partial charge in [0.05, 0.1) is 11.1 Å². The molecule has 1 N–H and O–H groups in total. The second-order valence-corrected chi connectivity index (χ2v) is 5.48. The molecule has 1 aromatic carbocycles. The molecule has 1 unspecified atom stereocenters. The number of nitrogens with zero attached hydrogens (tertiary/aromatic N) is 2. The number of likely N-dealkylation sites (tertiary alicyclic amines) is 1. The highest BCUT2D eigenvalue weighted by Crippen LogP contribution is 2.22. The van der Waals surface area contributed by atoms with Crippen LogP contribution in [0.3, 0.4) is 0 Å². The van der Waals surface area contributed by atoms with Crippen molar-refractivity contribution in [1.29, 1.82) is 0 Å². The maximum atomic E-state index is 13.1. The first-order valence-corrected chi connectivity index (χ1v) is 6.97. The Morgan fingerprint density at radius 2 is 2.30 bits per heavy atom. The number of amides is 1. The van der Waals surface area contributed by atoms with E-state index in [4.69, 9.17) is 11.6 Å². The highest BCUT2D eigenvalue weighted by atomic mass is 35.5. The molecule has 1 heterocycles. The Balaban J connectivity index is 1.91. The first kappa shape index (κ1) is 15.1. The third-order valence-corrected chi connectivity index (χ3v) is 3.72. The van der Waals surface area contributed by atoms with Crippen molar-refractivity contribution in [3.05, 3.63) is 29.0 Å².